The molecule has 0 bridgehead atoms. The van der Waals surface area contributed by atoms with Gasteiger partial charge in [0.2, 0.25) is 0 Å². The van der Waals surface area contributed by atoms with Gasteiger partial charge in [0.15, 0.2) is 0 Å². The predicted molar refractivity (Wildman–Crippen MR) is 86.7 cm³/mol. The molecule has 4 heteroatoms. The molecule has 0 fully saturated rings. The maximum Gasteiger partial charge on any atom is 0.256 e. The lowest BCUT2D eigenvalue weighted by Crippen LogP contribution is -2.26. The van der Waals surface area contributed by atoms with Gasteiger partial charge in [-0.2, -0.15) is 0 Å². The standard InChI is InChI=1S/C17H21N3O/c1-12-6-5-7-13(10-12)16(21)19-15-9-8-14(11-18-15)20-17(2,3)4/h5-11,20H,1-4H3,(H,18,19,21). The van der Waals surface area contributed by atoms with Crippen molar-refractivity contribution in [2.45, 2.75) is 33.2 Å². The molecular formula is C17H21N3O. The number of carbonyl (C=O) groups excluding carboxylic acids is 1. The molecule has 1 heterocycles. The highest BCUT2D eigenvalue weighted by atomic mass is 16.1. The molecule has 110 valence electrons. The first-order valence-corrected chi connectivity index (χ1v) is 6.96. The van der Waals surface area contributed by atoms with Crippen molar-refractivity contribution in [2.24, 2.45) is 0 Å². The van der Waals surface area contributed by atoms with Crippen LogP contribution in [0.5, 0.6) is 0 Å². The highest BCUT2D eigenvalue weighted by Crippen LogP contribution is 2.15. The van der Waals surface area contributed by atoms with Gasteiger partial charge in [-0.3, -0.25) is 4.79 Å². The first kappa shape index (κ1) is 15.0. The fraction of sp³-hybridized carbons (Fsp3) is 0.294. The van der Waals surface area contributed by atoms with Gasteiger partial charge in [-0.25, -0.2) is 4.98 Å². The summed E-state index contributed by atoms with van der Waals surface area (Å²) in [5, 5.41) is 6.12. The minimum atomic E-state index is -0.150. The molecule has 0 unspecified atom stereocenters. The zero-order valence-electron chi connectivity index (χ0n) is 12.9. The molecule has 0 spiro atoms. The number of nitrogens with zero attached hydrogens (tertiary/aromatic N) is 1. The molecule has 2 N–H and O–H groups in total. The number of benzene rings is 1. The van der Waals surface area contributed by atoms with Crippen molar-refractivity contribution < 1.29 is 4.79 Å². The zero-order valence-corrected chi connectivity index (χ0v) is 12.9. The van der Waals surface area contributed by atoms with Gasteiger partial charge in [0.1, 0.15) is 5.82 Å². The Labute approximate surface area is 125 Å². The second kappa shape index (κ2) is 5.95. The van der Waals surface area contributed by atoms with E-state index < -0.39 is 0 Å². The number of hydrogen-bond acceptors (Lipinski definition) is 3. The van der Waals surface area contributed by atoms with Crippen molar-refractivity contribution in [3.05, 3.63) is 53.7 Å². The molecular weight excluding hydrogens is 262 g/mol. The third-order valence-electron chi connectivity index (χ3n) is 2.80. The summed E-state index contributed by atoms with van der Waals surface area (Å²) in [4.78, 5) is 16.4. The first-order valence-electron chi connectivity index (χ1n) is 6.96. The Bertz CT molecular complexity index is 627. The molecule has 1 amide bonds. The number of anilines is 2. The second-order valence-electron chi connectivity index (χ2n) is 6.13. The average molecular weight is 283 g/mol. The van der Waals surface area contributed by atoms with E-state index in [1.807, 2.05) is 31.2 Å². The minimum Gasteiger partial charge on any atom is -0.379 e. The molecule has 0 radical (unpaired) electrons. The maximum atomic E-state index is 12.1. The third-order valence-corrected chi connectivity index (χ3v) is 2.80. The molecule has 0 atom stereocenters. The second-order valence-corrected chi connectivity index (χ2v) is 6.13. The van der Waals surface area contributed by atoms with Gasteiger partial charge in [0, 0.05) is 11.1 Å². The molecule has 0 aliphatic carbocycles. The number of carbonyl (C=O) groups is 1. The first-order chi connectivity index (χ1) is 9.83. The molecule has 0 aliphatic rings. The fourth-order valence-corrected chi connectivity index (χ4v) is 1.95. The van der Waals surface area contributed by atoms with E-state index in [2.05, 4.69) is 36.4 Å². The predicted octanol–water partition coefficient (Wildman–Crippen LogP) is 3.85. The van der Waals surface area contributed by atoms with E-state index >= 15 is 0 Å². The lowest BCUT2D eigenvalue weighted by Gasteiger charge is -2.21. The largest absolute Gasteiger partial charge is 0.379 e. The van der Waals surface area contributed by atoms with Crippen LogP contribution in [0.4, 0.5) is 11.5 Å². The molecule has 1 aromatic carbocycles. The van der Waals surface area contributed by atoms with Gasteiger partial charge in [-0.05, 0) is 52.0 Å². The lowest BCUT2D eigenvalue weighted by molar-refractivity contribution is 0.102. The molecule has 21 heavy (non-hydrogen) atoms. The van der Waals surface area contributed by atoms with E-state index in [1.165, 1.54) is 0 Å². The van der Waals surface area contributed by atoms with Gasteiger partial charge in [-0.1, -0.05) is 17.7 Å². The average Bonchev–Trinajstić information content (AvgIpc) is 2.39. The SMILES string of the molecule is Cc1cccc(C(=O)Nc2ccc(NC(C)(C)C)cn2)c1. The van der Waals surface area contributed by atoms with Crippen LogP contribution < -0.4 is 10.6 Å². The Morgan fingerprint density at radius 1 is 1.14 bits per heavy atom. The highest BCUT2D eigenvalue weighted by molar-refractivity contribution is 6.03. The molecule has 0 saturated heterocycles. The summed E-state index contributed by atoms with van der Waals surface area (Å²) in [5.41, 5.74) is 2.60. The number of amides is 1. The van der Waals surface area contributed by atoms with Crippen molar-refractivity contribution in [1.82, 2.24) is 4.98 Å². The van der Waals surface area contributed by atoms with Crippen LogP contribution in [0, 0.1) is 6.92 Å². The molecule has 1 aromatic heterocycles. The number of pyridine rings is 1. The third kappa shape index (κ3) is 4.60. The van der Waals surface area contributed by atoms with Gasteiger partial charge in [0.25, 0.3) is 5.91 Å². The Hall–Kier alpha value is -2.36. The number of nitrogens with one attached hydrogen (secondary N) is 2. The quantitative estimate of drug-likeness (QED) is 0.899. The van der Waals surface area contributed by atoms with E-state index in [1.54, 1.807) is 18.3 Å². The Balaban J connectivity index is 2.05. The van der Waals surface area contributed by atoms with Gasteiger partial charge in [0.05, 0.1) is 11.9 Å². The van der Waals surface area contributed by atoms with E-state index in [9.17, 15) is 4.79 Å². The Morgan fingerprint density at radius 2 is 1.90 bits per heavy atom. The van der Waals surface area contributed by atoms with E-state index in [4.69, 9.17) is 0 Å². The van der Waals surface area contributed by atoms with Crippen molar-refractivity contribution in [3.63, 3.8) is 0 Å². The van der Waals surface area contributed by atoms with E-state index in [0.29, 0.717) is 11.4 Å². The van der Waals surface area contributed by atoms with Crippen molar-refractivity contribution in [2.75, 3.05) is 10.6 Å². The maximum absolute atomic E-state index is 12.1. The summed E-state index contributed by atoms with van der Waals surface area (Å²) in [6.07, 6.45) is 1.72. The highest BCUT2D eigenvalue weighted by Gasteiger charge is 2.10. The monoisotopic (exact) mass is 283 g/mol. The number of rotatable bonds is 3. The normalized spacial score (nSPS) is 11.0. The van der Waals surface area contributed by atoms with Crippen LogP contribution in [-0.2, 0) is 0 Å². The summed E-state index contributed by atoms with van der Waals surface area (Å²) in [5.74, 6) is 0.392. The van der Waals surface area contributed by atoms with Crippen LogP contribution in [0.1, 0.15) is 36.7 Å². The molecule has 2 rings (SSSR count). The van der Waals surface area contributed by atoms with Crippen LogP contribution in [0.15, 0.2) is 42.6 Å². The van der Waals surface area contributed by atoms with Crippen molar-refractivity contribution in [1.29, 1.82) is 0 Å². The molecule has 4 nitrogen and oxygen atoms in total. The fourth-order valence-electron chi connectivity index (χ4n) is 1.95. The Morgan fingerprint density at radius 3 is 2.48 bits per heavy atom. The van der Waals surface area contributed by atoms with Gasteiger partial charge < -0.3 is 10.6 Å². The van der Waals surface area contributed by atoms with Crippen LogP contribution >= 0.6 is 0 Å². The van der Waals surface area contributed by atoms with Gasteiger partial charge >= 0.3 is 0 Å². The summed E-state index contributed by atoms with van der Waals surface area (Å²) in [6.45, 7) is 8.21. The van der Waals surface area contributed by atoms with Gasteiger partial charge in [-0.15, -0.1) is 0 Å². The lowest BCUT2D eigenvalue weighted by atomic mass is 10.1. The summed E-state index contributed by atoms with van der Waals surface area (Å²) in [6, 6.07) is 11.2. The van der Waals surface area contributed by atoms with Crippen LogP contribution in [-0.4, -0.2) is 16.4 Å². The Kier molecular flexibility index (Phi) is 4.26. The number of aromatic nitrogens is 1. The number of hydrogen-bond donors (Lipinski definition) is 2. The van der Waals surface area contributed by atoms with Crippen LogP contribution in [0.2, 0.25) is 0 Å². The molecule has 0 aliphatic heterocycles. The van der Waals surface area contributed by atoms with E-state index in [0.717, 1.165) is 11.3 Å². The topological polar surface area (TPSA) is 54.0 Å². The summed E-state index contributed by atoms with van der Waals surface area (Å²) in [7, 11) is 0. The smallest absolute Gasteiger partial charge is 0.256 e. The molecule has 2 aromatic rings. The van der Waals surface area contributed by atoms with Crippen molar-refractivity contribution in [3.8, 4) is 0 Å². The minimum absolute atomic E-state index is 0.0198. The summed E-state index contributed by atoms with van der Waals surface area (Å²) >= 11 is 0. The van der Waals surface area contributed by atoms with E-state index in [-0.39, 0.29) is 11.4 Å². The number of aryl methyl sites for hydroxylation is 1. The summed E-state index contributed by atoms with van der Waals surface area (Å²) < 4.78 is 0. The van der Waals surface area contributed by atoms with Crippen molar-refractivity contribution >= 4 is 17.4 Å². The van der Waals surface area contributed by atoms with Crippen LogP contribution in [0.3, 0.4) is 0 Å². The zero-order chi connectivity index (χ0) is 15.5. The van der Waals surface area contributed by atoms with Crippen LogP contribution in [0.25, 0.3) is 0 Å². The molecule has 0 saturated carbocycles.